The zero-order valence-electron chi connectivity index (χ0n) is 17.3. The van der Waals surface area contributed by atoms with Crippen LogP contribution in [0.1, 0.15) is 5.56 Å². The number of pyridine rings is 1. The number of hydrogen-bond donors (Lipinski definition) is 0. The first-order chi connectivity index (χ1) is 15.6. The number of nitro groups is 1. The van der Waals surface area contributed by atoms with E-state index in [0.29, 0.717) is 17.3 Å². The van der Waals surface area contributed by atoms with Gasteiger partial charge >= 0.3 is 0 Å². The minimum Gasteiger partial charge on any atom is -0.493 e. The lowest BCUT2D eigenvalue weighted by Gasteiger charge is -2.08. The molecule has 2 aromatic heterocycles. The molecule has 7 nitrogen and oxygen atoms in total. The van der Waals surface area contributed by atoms with E-state index in [2.05, 4.69) is 4.98 Å². The van der Waals surface area contributed by atoms with Crippen molar-refractivity contribution in [3.8, 4) is 33.3 Å². The van der Waals surface area contributed by atoms with E-state index in [1.54, 1.807) is 43.9 Å². The van der Waals surface area contributed by atoms with Crippen LogP contribution in [0, 0.1) is 10.1 Å². The Morgan fingerprint density at radius 2 is 1.88 bits per heavy atom. The van der Waals surface area contributed by atoms with Gasteiger partial charge in [-0.05, 0) is 35.9 Å². The van der Waals surface area contributed by atoms with Crippen molar-refractivity contribution in [1.29, 1.82) is 0 Å². The number of nitrogens with zero attached hydrogens (tertiary/aromatic N) is 3. The van der Waals surface area contributed by atoms with Gasteiger partial charge in [0, 0.05) is 40.6 Å². The fraction of sp³-hybridized carbons (Fsp3) is 0.130. The largest absolute Gasteiger partial charge is 0.493 e. The molecule has 0 N–H and O–H groups in total. The molecule has 0 aliphatic heterocycles. The number of thioether (sulfide) groups is 1. The summed E-state index contributed by atoms with van der Waals surface area (Å²) in [6, 6.07) is 16.3. The fourth-order valence-corrected chi connectivity index (χ4v) is 4.74. The summed E-state index contributed by atoms with van der Waals surface area (Å²) in [5, 5.41) is 14.7. The van der Waals surface area contributed by atoms with Crippen molar-refractivity contribution < 1.29 is 14.4 Å². The van der Waals surface area contributed by atoms with E-state index in [-0.39, 0.29) is 10.6 Å². The first-order valence-corrected chi connectivity index (χ1v) is 11.4. The standard InChI is InChI=1S/C23H19N3O4S2/c1-29-20-7-6-16(11-21(20)30-2)19-14-32-23(25-19)17-8-9-24-22(12-17)31-13-15-4-3-5-18(10-15)26(27)28/h3-12,14H,13H2,1-2H3. The molecule has 0 amide bonds. The maximum atomic E-state index is 11.0. The quantitative estimate of drug-likeness (QED) is 0.177. The zero-order chi connectivity index (χ0) is 22.5. The second-order valence-electron chi connectivity index (χ2n) is 6.71. The number of methoxy groups -OCH3 is 2. The van der Waals surface area contributed by atoms with Gasteiger partial charge < -0.3 is 9.47 Å². The molecule has 4 rings (SSSR count). The van der Waals surface area contributed by atoms with Crippen molar-refractivity contribution in [3.63, 3.8) is 0 Å². The molecule has 0 bridgehead atoms. The highest BCUT2D eigenvalue weighted by molar-refractivity contribution is 7.98. The van der Waals surface area contributed by atoms with E-state index in [1.807, 2.05) is 41.8 Å². The van der Waals surface area contributed by atoms with Gasteiger partial charge in [-0.3, -0.25) is 10.1 Å². The lowest BCUT2D eigenvalue weighted by atomic mass is 10.1. The summed E-state index contributed by atoms with van der Waals surface area (Å²) in [6.07, 6.45) is 1.75. The molecule has 0 aliphatic rings. The minimum absolute atomic E-state index is 0.0929. The summed E-state index contributed by atoms with van der Waals surface area (Å²) in [5.74, 6) is 1.92. The monoisotopic (exact) mass is 465 g/mol. The van der Waals surface area contributed by atoms with E-state index in [9.17, 15) is 10.1 Å². The number of rotatable bonds is 8. The van der Waals surface area contributed by atoms with Crippen LogP contribution in [-0.4, -0.2) is 29.1 Å². The Morgan fingerprint density at radius 3 is 2.66 bits per heavy atom. The third-order valence-corrected chi connectivity index (χ3v) is 6.56. The van der Waals surface area contributed by atoms with Gasteiger partial charge in [0.2, 0.25) is 0 Å². The van der Waals surface area contributed by atoms with Crippen molar-refractivity contribution in [2.45, 2.75) is 10.8 Å². The molecule has 9 heteroatoms. The number of ether oxygens (including phenoxy) is 2. The van der Waals surface area contributed by atoms with E-state index in [1.165, 1.54) is 17.8 Å². The Balaban J connectivity index is 1.51. The van der Waals surface area contributed by atoms with Gasteiger partial charge in [-0.1, -0.05) is 12.1 Å². The maximum absolute atomic E-state index is 11.0. The van der Waals surface area contributed by atoms with E-state index >= 15 is 0 Å². The highest BCUT2D eigenvalue weighted by atomic mass is 32.2. The zero-order valence-corrected chi connectivity index (χ0v) is 19.0. The Labute approximate surface area is 193 Å². The molecule has 162 valence electrons. The van der Waals surface area contributed by atoms with Crippen molar-refractivity contribution in [2.75, 3.05) is 14.2 Å². The number of non-ortho nitro benzene ring substituents is 1. The van der Waals surface area contributed by atoms with Crippen LogP contribution in [0.3, 0.4) is 0 Å². The number of aromatic nitrogens is 2. The van der Waals surface area contributed by atoms with Crippen molar-refractivity contribution in [2.24, 2.45) is 0 Å². The molecule has 2 heterocycles. The average molecular weight is 466 g/mol. The molecule has 0 aliphatic carbocycles. The molecule has 0 unspecified atom stereocenters. The van der Waals surface area contributed by atoms with Crippen LogP contribution < -0.4 is 9.47 Å². The smallest absolute Gasteiger partial charge is 0.269 e. The predicted octanol–water partition coefficient (Wildman–Crippen LogP) is 6.09. The summed E-state index contributed by atoms with van der Waals surface area (Å²) in [7, 11) is 3.22. The molecular weight excluding hydrogens is 446 g/mol. The third kappa shape index (κ3) is 4.90. The summed E-state index contributed by atoms with van der Waals surface area (Å²) in [6.45, 7) is 0. The number of hydrogen-bond acceptors (Lipinski definition) is 8. The SMILES string of the molecule is COc1ccc(-c2csc(-c3ccnc(SCc4cccc([N+](=O)[O-])c4)c3)n2)cc1OC. The van der Waals surface area contributed by atoms with Crippen LogP contribution in [0.4, 0.5) is 5.69 Å². The minimum atomic E-state index is -0.383. The number of thiazole rings is 1. The lowest BCUT2D eigenvalue weighted by Crippen LogP contribution is -1.91. The normalized spacial score (nSPS) is 10.7. The summed E-state index contributed by atoms with van der Waals surface area (Å²) in [5.41, 5.74) is 3.74. The lowest BCUT2D eigenvalue weighted by molar-refractivity contribution is -0.384. The molecule has 0 saturated heterocycles. The van der Waals surface area contributed by atoms with Crippen molar-refractivity contribution in [3.05, 3.63) is 81.9 Å². The van der Waals surface area contributed by atoms with Gasteiger partial charge in [0.1, 0.15) is 5.01 Å². The molecule has 32 heavy (non-hydrogen) atoms. The number of benzene rings is 2. The molecule has 0 atom stereocenters. The van der Waals surface area contributed by atoms with Gasteiger partial charge in [-0.15, -0.1) is 23.1 Å². The van der Waals surface area contributed by atoms with Gasteiger partial charge in [-0.2, -0.15) is 0 Å². The second kappa shape index (κ2) is 9.80. The van der Waals surface area contributed by atoms with Crippen LogP contribution in [0.15, 0.2) is 71.2 Å². The van der Waals surface area contributed by atoms with Gasteiger partial charge in [0.05, 0.1) is 29.9 Å². The Bertz CT molecular complexity index is 1260. The van der Waals surface area contributed by atoms with Gasteiger partial charge in [0.15, 0.2) is 11.5 Å². The van der Waals surface area contributed by atoms with Crippen molar-refractivity contribution in [1.82, 2.24) is 9.97 Å². The van der Waals surface area contributed by atoms with Crippen molar-refractivity contribution >= 4 is 28.8 Å². The van der Waals surface area contributed by atoms with E-state index in [4.69, 9.17) is 14.5 Å². The Kier molecular flexibility index (Phi) is 6.67. The van der Waals surface area contributed by atoms with E-state index in [0.717, 1.165) is 32.4 Å². The summed E-state index contributed by atoms with van der Waals surface area (Å²) in [4.78, 5) is 19.8. The van der Waals surface area contributed by atoms with Gasteiger partial charge in [-0.25, -0.2) is 9.97 Å². The molecule has 0 fully saturated rings. The molecular formula is C23H19N3O4S2. The number of nitro benzene ring substituents is 1. The first kappa shape index (κ1) is 21.8. The Hall–Kier alpha value is -3.43. The molecule has 0 spiro atoms. The second-order valence-corrected chi connectivity index (χ2v) is 8.56. The molecule has 0 radical (unpaired) electrons. The van der Waals surface area contributed by atoms with Crippen LogP contribution in [0.25, 0.3) is 21.8 Å². The molecule has 0 saturated carbocycles. The topological polar surface area (TPSA) is 87.4 Å². The van der Waals surface area contributed by atoms with E-state index < -0.39 is 0 Å². The summed E-state index contributed by atoms with van der Waals surface area (Å²) >= 11 is 3.08. The predicted molar refractivity (Wildman–Crippen MR) is 127 cm³/mol. The fourth-order valence-electron chi connectivity index (χ4n) is 3.07. The third-order valence-electron chi connectivity index (χ3n) is 4.67. The van der Waals surface area contributed by atoms with Crippen LogP contribution >= 0.6 is 23.1 Å². The average Bonchev–Trinajstić information content (AvgIpc) is 3.33. The van der Waals surface area contributed by atoms with Crippen LogP contribution in [0.5, 0.6) is 11.5 Å². The van der Waals surface area contributed by atoms with Gasteiger partial charge in [0.25, 0.3) is 5.69 Å². The first-order valence-electron chi connectivity index (χ1n) is 9.58. The molecule has 4 aromatic rings. The van der Waals surface area contributed by atoms with Crippen LogP contribution in [0.2, 0.25) is 0 Å². The summed E-state index contributed by atoms with van der Waals surface area (Å²) < 4.78 is 10.7. The highest BCUT2D eigenvalue weighted by Crippen LogP contribution is 2.35. The Morgan fingerprint density at radius 1 is 1.03 bits per heavy atom. The highest BCUT2D eigenvalue weighted by Gasteiger charge is 2.12. The maximum Gasteiger partial charge on any atom is 0.269 e. The van der Waals surface area contributed by atoms with Crippen LogP contribution in [-0.2, 0) is 5.75 Å². The molecule has 2 aromatic carbocycles.